The number of hydrogen-bond acceptors (Lipinski definition) is 4. The van der Waals surface area contributed by atoms with Crippen LogP contribution in [0.1, 0.15) is 56.8 Å². The number of carbonyl (C=O) groups excluding carboxylic acids is 1. The van der Waals surface area contributed by atoms with E-state index in [1.165, 1.54) is 0 Å². The van der Waals surface area contributed by atoms with E-state index in [2.05, 4.69) is 19.2 Å². The summed E-state index contributed by atoms with van der Waals surface area (Å²) >= 11 is 1.62. The molecule has 0 aliphatic heterocycles. The summed E-state index contributed by atoms with van der Waals surface area (Å²) in [6.45, 7) is 7.22. The molecule has 0 radical (unpaired) electrons. The maximum atomic E-state index is 13.1. The van der Waals surface area contributed by atoms with Gasteiger partial charge in [0.15, 0.2) is 0 Å². The largest absolute Gasteiger partial charge is 0.322 e. The van der Waals surface area contributed by atoms with Crippen molar-refractivity contribution in [2.75, 3.05) is 24.2 Å². The molecular weight excluding hydrogens is 416 g/mol. The Labute approximate surface area is 185 Å². The number of anilines is 1. The first-order valence-corrected chi connectivity index (χ1v) is 13.0. The summed E-state index contributed by atoms with van der Waals surface area (Å²) in [5, 5.41) is 2.87. The van der Waals surface area contributed by atoms with Crippen LogP contribution in [0.2, 0.25) is 0 Å². The van der Waals surface area contributed by atoms with E-state index >= 15 is 0 Å². The quantitative estimate of drug-likeness (QED) is 0.427. The van der Waals surface area contributed by atoms with Crippen LogP contribution in [0.5, 0.6) is 0 Å². The average molecular weight is 449 g/mol. The minimum absolute atomic E-state index is 0.199. The standard InChI is InChI=1S/C23H32N2O3S2/c1-4-7-17-25(18-8-5-2)30(27,28)20-15-13-19(14-16-20)24-23(26)21-11-9-10-12-22(21)29-6-3/h9-16H,4-8,17-18H2,1-3H3,(H,24,26). The minimum Gasteiger partial charge on any atom is -0.322 e. The summed E-state index contributed by atoms with van der Waals surface area (Å²) in [6.07, 6.45) is 3.57. The molecular formula is C23H32N2O3S2. The van der Waals surface area contributed by atoms with E-state index in [1.54, 1.807) is 46.4 Å². The Morgan fingerprint density at radius 2 is 1.53 bits per heavy atom. The Morgan fingerprint density at radius 1 is 0.933 bits per heavy atom. The molecule has 0 aromatic heterocycles. The zero-order valence-electron chi connectivity index (χ0n) is 18.1. The van der Waals surface area contributed by atoms with Crippen LogP contribution in [0.15, 0.2) is 58.3 Å². The van der Waals surface area contributed by atoms with E-state index in [0.29, 0.717) is 24.3 Å². The van der Waals surface area contributed by atoms with Gasteiger partial charge in [0.25, 0.3) is 5.91 Å². The first-order valence-electron chi connectivity index (χ1n) is 10.6. The van der Waals surface area contributed by atoms with Crippen LogP contribution in [0.4, 0.5) is 5.69 Å². The lowest BCUT2D eigenvalue weighted by atomic mass is 10.2. The second-order valence-corrected chi connectivity index (χ2v) is 10.3. The van der Waals surface area contributed by atoms with Gasteiger partial charge in [-0.05, 0) is 55.0 Å². The van der Waals surface area contributed by atoms with Gasteiger partial charge in [-0.2, -0.15) is 4.31 Å². The molecule has 5 nitrogen and oxygen atoms in total. The Morgan fingerprint density at radius 3 is 2.10 bits per heavy atom. The van der Waals surface area contributed by atoms with Crippen LogP contribution in [0.25, 0.3) is 0 Å². The number of nitrogens with zero attached hydrogens (tertiary/aromatic N) is 1. The zero-order chi connectivity index (χ0) is 22.0. The third-order valence-corrected chi connectivity index (χ3v) is 7.57. The van der Waals surface area contributed by atoms with Crippen molar-refractivity contribution >= 4 is 33.4 Å². The lowest BCUT2D eigenvalue weighted by Crippen LogP contribution is -2.33. The number of sulfonamides is 1. The molecule has 0 spiro atoms. The van der Waals surface area contributed by atoms with Crippen molar-refractivity contribution in [2.24, 2.45) is 0 Å². The predicted octanol–water partition coefficient (Wildman–Crippen LogP) is 5.64. The monoisotopic (exact) mass is 448 g/mol. The number of hydrogen-bond donors (Lipinski definition) is 1. The number of benzene rings is 2. The molecule has 2 aromatic carbocycles. The summed E-state index contributed by atoms with van der Waals surface area (Å²) in [5.74, 6) is 0.679. The van der Waals surface area contributed by atoms with Crippen molar-refractivity contribution in [3.05, 3.63) is 54.1 Å². The Kier molecular flexibility index (Phi) is 9.88. The van der Waals surface area contributed by atoms with E-state index in [9.17, 15) is 13.2 Å². The van der Waals surface area contributed by atoms with Crippen LogP contribution in [-0.4, -0.2) is 37.5 Å². The number of thioether (sulfide) groups is 1. The second kappa shape index (κ2) is 12.1. The highest BCUT2D eigenvalue weighted by atomic mass is 32.2. The van der Waals surface area contributed by atoms with E-state index in [1.807, 2.05) is 25.1 Å². The van der Waals surface area contributed by atoms with Crippen molar-refractivity contribution in [2.45, 2.75) is 56.2 Å². The molecule has 7 heteroatoms. The fraction of sp³-hybridized carbons (Fsp3) is 0.435. The van der Waals surface area contributed by atoms with Gasteiger partial charge in [-0.15, -0.1) is 11.8 Å². The summed E-state index contributed by atoms with van der Waals surface area (Å²) in [6, 6.07) is 13.9. The maximum Gasteiger partial charge on any atom is 0.256 e. The number of carbonyl (C=O) groups is 1. The van der Waals surface area contributed by atoms with Gasteiger partial charge in [0.2, 0.25) is 10.0 Å². The summed E-state index contributed by atoms with van der Waals surface area (Å²) in [4.78, 5) is 13.9. The Hall–Kier alpha value is -1.83. The molecule has 164 valence electrons. The number of amides is 1. The molecule has 0 unspecified atom stereocenters. The van der Waals surface area contributed by atoms with Gasteiger partial charge in [0, 0.05) is 23.7 Å². The number of unbranched alkanes of at least 4 members (excludes halogenated alkanes) is 2. The lowest BCUT2D eigenvalue weighted by molar-refractivity contribution is 0.102. The first-order chi connectivity index (χ1) is 14.4. The van der Waals surface area contributed by atoms with Crippen LogP contribution >= 0.6 is 11.8 Å². The normalized spacial score (nSPS) is 11.6. The van der Waals surface area contributed by atoms with Crippen molar-refractivity contribution in [3.63, 3.8) is 0 Å². The fourth-order valence-corrected chi connectivity index (χ4v) is 5.33. The van der Waals surface area contributed by atoms with Crippen LogP contribution in [0.3, 0.4) is 0 Å². The van der Waals surface area contributed by atoms with Crippen molar-refractivity contribution < 1.29 is 13.2 Å². The van der Waals surface area contributed by atoms with Crippen LogP contribution in [0, 0.1) is 0 Å². The van der Waals surface area contributed by atoms with Gasteiger partial charge in [0.1, 0.15) is 0 Å². The van der Waals surface area contributed by atoms with Gasteiger partial charge in [-0.25, -0.2) is 8.42 Å². The smallest absolute Gasteiger partial charge is 0.256 e. The molecule has 0 aliphatic rings. The Bertz CT molecular complexity index is 904. The third kappa shape index (κ3) is 6.59. The average Bonchev–Trinajstić information content (AvgIpc) is 2.74. The molecule has 0 atom stereocenters. The summed E-state index contributed by atoms with van der Waals surface area (Å²) < 4.78 is 27.7. The minimum atomic E-state index is -3.54. The molecule has 0 aliphatic carbocycles. The number of nitrogens with one attached hydrogen (secondary N) is 1. The number of rotatable bonds is 12. The molecule has 0 saturated carbocycles. The maximum absolute atomic E-state index is 13.1. The molecule has 0 heterocycles. The SMILES string of the molecule is CCCCN(CCCC)S(=O)(=O)c1ccc(NC(=O)c2ccccc2SCC)cc1. The highest BCUT2D eigenvalue weighted by Crippen LogP contribution is 2.24. The van der Waals surface area contributed by atoms with E-state index in [0.717, 1.165) is 36.3 Å². The highest BCUT2D eigenvalue weighted by molar-refractivity contribution is 7.99. The van der Waals surface area contributed by atoms with Crippen molar-refractivity contribution in [1.29, 1.82) is 0 Å². The van der Waals surface area contributed by atoms with Crippen LogP contribution < -0.4 is 5.32 Å². The summed E-state index contributed by atoms with van der Waals surface area (Å²) in [5.41, 5.74) is 1.19. The van der Waals surface area contributed by atoms with Crippen LogP contribution in [-0.2, 0) is 10.0 Å². The van der Waals surface area contributed by atoms with Gasteiger partial charge in [-0.3, -0.25) is 4.79 Å². The van der Waals surface area contributed by atoms with Gasteiger partial charge < -0.3 is 5.32 Å². The van der Waals surface area contributed by atoms with Gasteiger partial charge in [0.05, 0.1) is 10.5 Å². The molecule has 0 fully saturated rings. The fourth-order valence-electron chi connectivity index (χ4n) is 3.01. The van der Waals surface area contributed by atoms with Gasteiger partial charge >= 0.3 is 0 Å². The molecule has 2 aromatic rings. The molecule has 0 bridgehead atoms. The van der Waals surface area contributed by atoms with Crippen molar-refractivity contribution in [3.8, 4) is 0 Å². The zero-order valence-corrected chi connectivity index (χ0v) is 19.7. The molecule has 30 heavy (non-hydrogen) atoms. The molecule has 0 saturated heterocycles. The first kappa shape index (κ1) is 24.4. The van der Waals surface area contributed by atoms with E-state index in [4.69, 9.17) is 0 Å². The molecule has 1 amide bonds. The second-order valence-electron chi connectivity index (χ2n) is 7.02. The third-order valence-electron chi connectivity index (χ3n) is 4.70. The predicted molar refractivity (Wildman–Crippen MR) is 126 cm³/mol. The highest BCUT2D eigenvalue weighted by Gasteiger charge is 2.23. The van der Waals surface area contributed by atoms with Crippen molar-refractivity contribution in [1.82, 2.24) is 4.31 Å². The van der Waals surface area contributed by atoms with E-state index < -0.39 is 10.0 Å². The lowest BCUT2D eigenvalue weighted by Gasteiger charge is -2.22. The molecule has 2 rings (SSSR count). The van der Waals surface area contributed by atoms with E-state index in [-0.39, 0.29) is 10.8 Å². The Balaban J connectivity index is 2.16. The topological polar surface area (TPSA) is 66.5 Å². The molecule has 1 N–H and O–H groups in total. The van der Waals surface area contributed by atoms with Gasteiger partial charge in [-0.1, -0.05) is 45.7 Å². The summed E-state index contributed by atoms with van der Waals surface area (Å²) in [7, 11) is -3.54.